The second-order valence-corrected chi connectivity index (χ2v) is 7.53. The molecule has 0 aliphatic carbocycles. The molecule has 0 atom stereocenters. The standard InChI is InChI=1S/C19H23N5O4/c20-17(26)13-3-6-22(7-4-13)10-12-1-2-15-14(9-12)11-24(18(15)27)23-8-5-16(25)21-19(23)28/h1-2,9,13H,3-8,10-11H2,(H2,20,26)(H,21,25,28). The number of nitrogens with two attached hydrogens (primary N) is 1. The molecule has 148 valence electrons. The SMILES string of the molecule is NC(=O)C1CCN(Cc2ccc3c(c2)CN(N2CCC(=O)NC2=O)C3=O)CC1. The van der Waals surface area contributed by atoms with Crippen LogP contribution in [0.1, 0.15) is 40.7 Å². The van der Waals surface area contributed by atoms with Crippen molar-refractivity contribution in [2.45, 2.75) is 32.4 Å². The van der Waals surface area contributed by atoms with Crippen molar-refractivity contribution >= 4 is 23.8 Å². The zero-order valence-corrected chi connectivity index (χ0v) is 15.5. The molecule has 3 N–H and O–H groups in total. The highest BCUT2D eigenvalue weighted by atomic mass is 16.2. The Morgan fingerprint density at radius 1 is 1.11 bits per heavy atom. The first-order chi connectivity index (χ1) is 13.4. The summed E-state index contributed by atoms with van der Waals surface area (Å²) in [7, 11) is 0. The largest absolute Gasteiger partial charge is 0.369 e. The van der Waals surface area contributed by atoms with Gasteiger partial charge in [-0.25, -0.2) is 14.8 Å². The lowest BCUT2D eigenvalue weighted by Gasteiger charge is -2.33. The smallest absolute Gasteiger partial charge is 0.342 e. The van der Waals surface area contributed by atoms with Crippen LogP contribution in [0, 0.1) is 5.92 Å². The van der Waals surface area contributed by atoms with Gasteiger partial charge in [0.25, 0.3) is 5.91 Å². The average Bonchev–Trinajstić information content (AvgIpc) is 2.98. The number of rotatable bonds is 4. The molecule has 2 saturated heterocycles. The zero-order valence-electron chi connectivity index (χ0n) is 15.5. The third kappa shape index (κ3) is 3.45. The lowest BCUT2D eigenvalue weighted by Crippen LogP contribution is -2.56. The summed E-state index contributed by atoms with van der Waals surface area (Å²) in [4.78, 5) is 49.6. The highest BCUT2D eigenvalue weighted by Gasteiger charge is 2.37. The Balaban J connectivity index is 1.42. The van der Waals surface area contributed by atoms with Crippen molar-refractivity contribution < 1.29 is 19.2 Å². The number of amides is 5. The van der Waals surface area contributed by atoms with Crippen molar-refractivity contribution in [1.82, 2.24) is 20.2 Å². The fourth-order valence-corrected chi connectivity index (χ4v) is 4.07. The van der Waals surface area contributed by atoms with Crippen LogP contribution in [0.4, 0.5) is 4.79 Å². The molecular formula is C19H23N5O4. The van der Waals surface area contributed by atoms with E-state index in [1.54, 1.807) is 6.07 Å². The molecule has 0 radical (unpaired) electrons. The fourth-order valence-electron chi connectivity index (χ4n) is 4.07. The maximum absolute atomic E-state index is 12.7. The van der Waals surface area contributed by atoms with Crippen LogP contribution in [0.2, 0.25) is 0 Å². The van der Waals surface area contributed by atoms with Gasteiger partial charge in [0, 0.05) is 24.4 Å². The molecule has 1 aromatic rings. The molecule has 3 aliphatic heterocycles. The van der Waals surface area contributed by atoms with Crippen molar-refractivity contribution in [3.8, 4) is 0 Å². The van der Waals surface area contributed by atoms with Gasteiger partial charge >= 0.3 is 6.03 Å². The Bertz CT molecular complexity index is 847. The monoisotopic (exact) mass is 385 g/mol. The van der Waals surface area contributed by atoms with Crippen LogP contribution >= 0.6 is 0 Å². The van der Waals surface area contributed by atoms with Gasteiger partial charge in [0.05, 0.1) is 13.1 Å². The van der Waals surface area contributed by atoms with E-state index in [0.29, 0.717) is 12.1 Å². The van der Waals surface area contributed by atoms with Crippen LogP contribution < -0.4 is 11.1 Å². The molecule has 1 aromatic carbocycles. The van der Waals surface area contributed by atoms with E-state index in [4.69, 9.17) is 5.73 Å². The van der Waals surface area contributed by atoms with Gasteiger partial charge in [-0.15, -0.1) is 0 Å². The number of hydrogen-bond donors (Lipinski definition) is 2. The molecule has 0 bridgehead atoms. The minimum Gasteiger partial charge on any atom is -0.369 e. The first kappa shape index (κ1) is 18.4. The number of fused-ring (bicyclic) bond motifs is 1. The highest BCUT2D eigenvalue weighted by molar-refractivity contribution is 6.01. The van der Waals surface area contributed by atoms with Crippen molar-refractivity contribution in [3.05, 3.63) is 34.9 Å². The Kier molecular flexibility index (Phi) is 4.76. The summed E-state index contributed by atoms with van der Waals surface area (Å²) in [5.74, 6) is -0.814. The molecule has 2 fully saturated rings. The van der Waals surface area contributed by atoms with E-state index < -0.39 is 6.03 Å². The predicted molar refractivity (Wildman–Crippen MR) is 98.4 cm³/mol. The van der Waals surface area contributed by atoms with E-state index in [2.05, 4.69) is 10.2 Å². The Morgan fingerprint density at radius 2 is 1.86 bits per heavy atom. The quantitative estimate of drug-likeness (QED) is 0.768. The number of piperidine rings is 1. The van der Waals surface area contributed by atoms with Crippen LogP contribution in [-0.4, -0.2) is 58.3 Å². The third-order valence-corrected chi connectivity index (χ3v) is 5.67. The molecule has 9 heteroatoms. The van der Waals surface area contributed by atoms with E-state index in [1.165, 1.54) is 10.0 Å². The molecule has 9 nitrogen and oxygen atoms in total. The van der Waals surface area contributed by atoms with Crippen LogP contribution in [0.25, 0.3) is 0 Å². The molecule has 3 heterocycles. The molecule has 0 saturated carbocycles. The lowest BCUT2D eigenvalue weighted by molar-refractivity contribution is -0.124. The number of nitrogens with zero attached hydrogens (tertiary/aromatic N) is 3. The van der Waals surface area contributed by atoms with Gasteiger partial charge in [-0.3, -0.25) is 24.6 Å². The van der Waals surface area contributed by atoms with Crippen molar-refractivity contribution in [2.75, 3.05) is 19.6 Å². The summed E-state index contributed by atoms with van der Waals surface area (Å²) in [6.07, 6.45) is 1.73. The van der Waals surface area contributed by atoms with Crippen molar-refractivity contribution in [1.29, 1.82) is 0 Å². The normalized spacial score (nSPS) is 21.1. The van der Waals surface area contributed by atoms with Gasteiger partial charge in [-0.1, -0.05) is 12.1 Å². The van der Waals surface area contributed by atoms with E-state index in [0.717, 1.165) is 43.6 Å². The molecule has 0 spiro atoms. The van der Waals surface area contributed by atoms with Crippen molar-refractivity contribution in [3.63, 3.8) is 0 Å². The number of imide groups is 1. The van der Waals surface area contributed by atoms with E-state index in [1.807, 2.05) is 12.1 Å². The lowest BCUT2D eigenvalue weighted by atomic mass is 9.96. The summed E-state index contributed by atoms with van der Waals surface area (Å²) in [6.45, 7) is 2.89. The summed E-state index contributed by atoms with van der Waals surface area (Å²) in [6, 6.07) is 5.17. The molecule has 0 unspecified atom stereocenters. The third-order valence-electron chi connectivity index (χ3n) is 5.67. The summed E-state index contributed by atoms with van der Waals surface area (Å²) in [5, 5.41) is 4.95. The maximum Gasteiger partial charge on any atom is 0.342 e. The van der Waals surface area contributed by atoms with Crippen LogP contribution in [0.5, 0.6) is 0 Å². The Hall–Kier alpha value is -2.94. The van der Waals surface area contributed by atoms with Crippen LogP contribution in [0.15, 0.2) is 18.2 Å². The molecule has 0 aromatic heterocycles. The minimum absolute atomic E-state index is 0.0370. The Labute approximate surface area is 162 Å². The van der Waals surface area contributed by atoms with E-state index in [-0.39, 0.29) is 36.6 Å². The molecule has 4 rings (SSSR count). The topological polar surface area (TPSA) is 116 Å². The highest BCUT2D eigenvalue weighted by Crippen LogP contribution is 2.27. The van der Waals surface area contributed by atoms with Gasteiger partial charge in [-0.05, 0) is 43.1 Å². The summed E-state index contributed by atoms with van der Waals surface area (Å²) < 4.78 is 0. The average molecular weight is 385 g/mol. The molecule has 5 amide bonds. The molecular weight excluding hydrogens is 362 g/mol. The number of primary amides is 1. The van der Waals surface area contributed by atoms with Gasteiger partial charge in [0.1, 0.15) is 0 Å². The van der Waals surface area contributed by atoms with Gasteiger partial charge < -0.3 is 5.73 Å². The van der Waals surface area contributed by atoms with Gasteiger partial charge in [-0.2, -0.15) is 0 Å². The van der Waals surface area contributed by atoms with Crippen molar-refractivity contribution in [2.24, 2.45) is 11.7 Å². The predicted octanol–water partition coefficient (Wildman–Crippen LogP) is 0.197. The number of hydrogen-bond acceptors (Lipinski definition) is 5. The second-order valence-electron chi connectivity index (χ2n) is 7.53. The molecule has 28 heavy (non-hydrogen) atoms. The minimum atomic E-state index is -0.560. The first-order valence-corrected chi connectivity index (χ1v) is 9.49. The number of benzene rings is 1. The number of carbonyl (C=O) groups excluding carboxylic acids is 4. The maximum atomic E-state index is 12.7. The van der Waals surface area contributed by atoms with E-state index >= 15 is 0 Å². The fraction of sp³-hybridized carbons (Fsp3) is 0.474. The number of carbonyl (C=O) groups is 4. The first-order valence-electron chi connectivity index (χ1n) is 9.49. The Morgan fingerprint density at radius 3 is 2.54 bits per heavy atom. The van der Waals surface area contributed by atoms with E-state index in [9.17, 15) is 19.2 Å². The number of urea groups is 1. The van der Waals surface area contributed by atoms with Gasteiger partial charge in [0.15, 0.2) is 0 Å². The van der Waals surface area contributed by atoms with Crippen LogP contribution in [-0.2, 0) is 22.7 Å². The summed E-state index contributed by atoms with van der Waals surface area (Å²) >= 11 is 0. The van der Waals surface area contributed by atoms with Crippen LogP contribution in [0.3, 0.4) is 0 Å². The number of hydrazine groups is 1. The van der Waals surface area contributed by atoms with Gasteiger partial charge in [0.2, 0.25) is 11.8 Å². The second kappa shape index (κ2) is 7.23. The molecule has 3 aliphatic rings. The zero-order chi connectivity index (χ0) is 19.8. The summed E-state index contributed by atoms with van der Waals surface area (Å²) in [5.41, 5.74) is 7.93. The number of nitrogens with one attached hydrogen (secondary N) is 1. The number of likely N-dealkylation sites (tertiary alicyclic amines) is 1.